The predicted octanol–water partition coefficient (Wildman–Crippen LogP) is 3.57. The number of carbonyl (C=O) groups excluding carboxylic acids is 2. The number of Topliss-reactive ketones (excluding diaryl/α,β-unsaturated/α-hetero) is 1. The van der Waals surface area contributed by atoms with Gasteiger partial charge in [0.05, 0.1) is 11.5 Å². The Bertz CT molecular complexity index is 1280. The lowest BCUT2D eigenvalue weighted by Gasteiger charge is -2.16. The monoisotopic (exact) mass is 487 g/mol. The zero-order valence-corrected chi connectivity index (χ0v) is 20.0. The maximum absolute atomic E-state index is 12.7. The summed E-state index contributed by atoms with van der Waals surface area (Å²) in [6, 6.07) is 11.4. The van der Waals surface area contributed by atoms with Crippen LogP contribution in [0, 0.1) is 13.8 Å². The number of ketones is 1. The summed E-state index contributed by atoms with van der Waals surface area (Å²) < 4.78 is 30.8. The SMILES string of the molecule is Cc1cc(C(=O)COC(=O)c2csc(NCc3ccccc3)n2)c(C)n1C1CCS(=O)(=O)C1. The van der Waals surface area contributed by atoms with Crippen molar-refractivity contribution in [1.82, 2.24) is 9.55 Å². The van der Waals surface area contributed by atoms with Crippen molar-refractivity contribution in [3.05, 3.63) is 70.0 Å². The van der Waals surface area contributed by atoms with E-state index in [4.69, 9.17) is 4.74 Å². The molecule has 4 rings (SSSR count). The summed E-state index contributed by atoms with van der Waals surface area (Å²) >= 11 is 1.29. The van der Waals surface area contributed by atoms with E-state index >= 15 is 0 Å². The summed E-state index contributed by atoms with van der Waals surface area (Å²) in [5, 5.41) is 5.34. The first kappa shape index (κ1) is 23.2. The first-order chi connectivity index (χ1) is 15.7. The van der Waals surface area contributed by atoms with Gasteiger partial charge in [-0.05, 0) is 31.9 Å². The highest BCUT2D eigenvalue weighted by Crippen LogP contribution is 2.29. The second kappa shape index (κ2) is 9.48. The van der Waals surface area contributed by atoms with E-state index in [0.29, 0.717) is 29.4 Å². The number of sulfone groups is 1. The van der Waals surface area contributed by atoms with Gasteiger partial charge in [0.25, 0.3) is 0 Å². The smallest absolute Gasteiger partial charge is 0.358 e. The second-order valence-corrected chi connectivity index (χ2v) is 11.2. The molecule has 1 N–H and O–H groups in total. The number of aryl methyl sites for hydroxylation is 1. The van der Waals surface area contributed by atoms with Gasteiger partial charge in [-0.3, -0.25) is 4.79 Å². The van der Waals surface area contributed by atoms with Crippen molar-refractivity contribution in [3.8, 4) is 0 Å². The van der Waals surface area contributed by atoms with Gasteiger partial charge < -0.3 is 14.6 Å². The van der Waals surface area contributed by atoms with Crippen molar-refractivity contribution in [2.45, 2.75) is 32.9 Å². The number of aromatic nitrogens is 2. The van der Waals surface area contributed by atoms with Crippen LogP contribution in [-0.4, -0.2) is 47.8 Å². The van der Waals surface area contributed by atoms with Crippen LogP contribution in [-0.2, 0) is 21.1 Å². The number of benzene rings is 1. The molecule has 33 heavy (non-hydrogen) atoms. The number of hydrogen-bond acceptors (Lipinski definition) is 8. The van der Waals surface area contributed by atoms with E-state index in [1.165, 1.54) is 11.3 Å². The minimum absolute atomic E-state index is 0.0798. The fraction of sp³-hybridized carbons (Fsp3) is 0.348. The van der Waals surface area contributed by atoms with E-state index in [2.05, 4.69) is 10.3 Å². The van der Waals surface area contributed by atoms with Crippen LogP contribution in [0.4, 0.5) is 5.13 Å². The summed E-state index contributed by atoms with van der Waals surface area (Å²) in [5.41, 5.74) is 3.18. The molecule has 0 radical (unpaired) electrons. The molecule has 1 aliphatic heterocycles. The third kappa shape index (κ3) is 5.33. The number of ether oxygens (including phenoxy) is 1. The maximum Gasteiger partial charge on any atom is 0.358 e. The molecule has 1 saturated heterocycles. The Morgan fingerprint density at radius 2 is 2.00 bits per heavy atom. The molecule has 0 bridgehead atoms. The van der Waals surface area contributed by atoms with Crippen LogP contribution in [0.3, 0.4) is 0 Å². The van der Waals surface area contributed by atoms with Crippen molar-refractivity contribution in [2.24, 2.45) is 0 Å². The molecule has 8 nitrogen and oxygen atoms in total. The van der Waals surface area contributed by atoms with Crippen LogP contribution in [0.25, 0.3) is 0 Å². The van der Waals surface area contributed by atoms with E-state index in [9.17, 15) is 18.0 Å². The number of nitrogens with one attached hydrogen (secondary N) is 1. The molecular weight excluding hydrogens is 462 g/mol. The van der Waals surface area contributed by atoms with Crippen LogP contribution in [0.1, 0.15) is 50.3 Å². The third-order valence-corrected chi connectivity index (χ3v) is 8.24. The highest BCUT2D eigenvalue weighted by atomic mass is 32.2. The first-order valence-corrected chi connectivity index (χ1v) is 13.3. The van der Waals surface area contributed by atoms with Crippen molar-refractivity contribution < 1.29 is 22.7 Å². The average molecular weight is 488 g/mol. The summed E-state index contributed by atoms with van der Waals surface area (Å²) in [7, 11) is -3.04. The molecule has 3 heterocycles. The number of hydrogen-bond donors (Lipinski definition) is 1. The van der Waals surface area contributed by atoms with Crippen LogP contribution in [0.5, 0.6) is 0 Å². The van der Waals surface area contributed by atoms with Crippen molar-refractivity contribution in [1.29, 1.82) is 0 Å². The summed E-state index contributed by atoms with van der Waals surface area (Å²) in [6.07, 6.45) is 0.534. The Hall–Kier alpha value is -2.98. The van der Waals surface area contributed by atoms with Gasteiger partial charge in [-0.15, -0.1) is 11.3 Å². The number of nitrogens with zero attached hydrogens (tertiary/aromatic N) is 2. The largest absolute Gasteiger partial charge is 0.453 e. The van der Waals surface area contributed by atoms with Gasteiger partial charge in [0.15, 0.2) is 27.3 Å². The number of carbonyl (C=O) groups is 2. The minimum atomic E-state index is -3.04. The van der Waals surface area contributed by atoms with Crippen molar-refractivity contribution >= 4 is 38.1 Å². The number of esters is 1. The predicted molar refractivity (Wildman–Crippen MR) is 127 cm³/mol. The molecule has 1 fully saturated rings. The number of rotatable bonds is 8. The van der Waals surface area contributed by atoms with Crippen LogP contribution in [0.2, 0.25) is 0 Å². The standard InChI is InChI=1S/C23H25N3O5S2/c1-15-10-19(16(2)26(15)18-8-9-33(29,30)14-18)21(27)12-31-22(28)20-13-32-23(25-20)24-11-17-6-4-3-5-7-17/h3-7,10,13,18H,8-9,11-12,14H2,1-2H3,(H,24,25). The molecule has 0 saturated carbocycles. The van der Waals surface area contributed by atoms with Gasteiger partial charge in [-0.25, -0.2) is 18.2 Å². The van der Waals surface area contributed by atoms with Gasteiger partial charge in [-0.2, -0.15) is 0 Å². The molecule has 10 heteroatoms. The lowest BCUT2D eigenvalue weighted by atomic mass is 10.1. The fourth-order valence-electron chi connectivity index (χ4n) is 4.11. The van der Waals surface area contributed by atoms with Crippen molar-refractivity contribution in [2.75, 3.05) is 23.4 Å². The molecule has 1 aromatic carbocycles. The van der Waals surface area contributed by atoms with E-state index in [1.54, 1.807) is 18.4 Å². The molecule has 174 valence electrons. The third-order valence-electron chi connectivity index (χ3n) is 5.69. The molecule has 3 aromatic rings. The van der Waals surface area contributed by atoms with Crippen molar-refractivity contribution in [3.63, 3.8) is 0 Å². The first-order valence-electron chi connectivity index (χ1n) is 10.6. The Morgan fingerprint density at radius 3 is 2.70 bits per heavy atom. The molecule has 1 aliphatic rings. The Balaban J connectivity index is 1.35. The summed E-state index contributed by atoms with van der Waals surface area (Å²) in [5.74, 6) is -0.758. The summed E-state index contributed by atoms with van der Waals surface area (Å²) in [4.78, 5) is 29.3. The van der Waals surface area contributed by atoms with Gasteiger partial charge >= 0.3 is 5.97 Å². The van der Waals surface area contributed by atoms with Crippen LogP contribution in [0.15, 0.2) is 41.8 Å². The van der Waals surface area contributed by atoms with E-state index in [0.717, 1.165) is 11.3 Å². The van der Waals surface area contributed by atoms with E-state index in [1.807, 2.05) is 41.8 Å². The average Bonchev–Trinajstić information content (AvgIpc) is 3.48. The molecule has 2 aromatic heterocycles. The van der Waals surface area contributed by atoms with Crippen LogP contribution < -0.4 is 5.32 Å². The zero-order chi connectivity index (χ0) is 23.6. The van der Waals surface area contributed by atoms with E-state index in [-0.39, 0.29) is 29.0 Å². The topological polar surface area (TPSA) is 107 Å². The van der Waals surface area contributed by atoms with Gasteiger partial charge in [0.1, 0.15) is 0 Å². The normalized spacial score (nSPS) is 17.1. The maximum atomic E-state index is 12.7. The Kier molecular flexibility index (Phi) is 6.66. The molecule has 0 spiro atoms. The van der Waals surface area contributed by atoms with E-state index < -0.39 is 22.4 Å². The highest BCUT2D eigenvalue weighted by molar-refractivity contribution is 7.91. The number of thiazole rings is 1. The molecule has 1 atom stereocenters. The van der Waals surface area contributed by atoms with Gasteiger partial charge in [0.2, 0.25) is 5.78 Å². The molecular formula is C23H25N3O5S2. The lowest BCUT2D eigenvalue weighted by Crippen LogP contribution is -2.17. The molecule has 0 aliphatic carbocycles. The quantitative estimate of drug-likeness (QED) is 0.382. The highest BCUT2D eigenvalue weighted by Gasteiger charge is 2.31. The minimum Gasteiger partial charge on any atom is -0.453 e. The Labute approximate surface area is 196 Å². The fourth-order valence-corrected chi connectivity index (χ4v) is 6.48. The zero-order valence-electron chi connectivity index (χ0n) is 18.4. The second-order valence-electron chi connectivity index (χ2n) is 8.09. The lowest BCUT2D eigenvalue weighted by molar-refractivity contribution is 0.0469. The molecule has 1 unspecified atom stereocenters. The number of anilines is 1. The Morgan fingerprint density at radius 1 is 1.24 bits per heavy atom. The van der Waals surface area contributed by atoms with Crippen LogP contribution >= 0.6 is 11.3 Å². The summed E-state index contributed by atoms with van der Waals surface area (Å²) in [6.45, 7) is 3.81. The van der Waals surface area contributed by atoms with Gasteiger partial charge in [-0.1, -0.05) is 30.3 Å². The van der Waals surface area contributed by atoms with Gasteiger partial charge in [0, 0.05) is 34.9 Å². The molecule has 0 amide bonds.